The molecule has 0 radical (unpaired) electrons. The van der Waals surface area contributed by atoms with Crippen molar-refractivity contribution in [2.75, 3.05) is 14.2 Å². The highest BCUT2D eigenvalue weighted by molar-refractivity contribution is 6.20. The topological polar surface area (TPSA) is 18.5 Å². The van der Waals surface area contributed by atoms with E-state index in [0.29, 0.717) is 0 Å². The summed E-state index contributed by atoms with van der Waals surface area (Å²) in [5.41, 5.74) is 1.31. The van der Waals surface area contributed by atoms with Gasteiger partial charge in [-0.2, -0.15) is 0 Å². The lowest BCUT2D eigenvalue weighted by molar-refractivity contribution is -0.0777. The summed E-state index contributed by atoms with van der Waals surface area (Å²) >= 11 is 6.45. The van der Waals surface area contributed by atoms with E-state index in [0.717, 1.165) is 31.4 Å². The molecule has 18 heavy (non-hydrogen) atoms. The highest BCUT2D eigenvalue weighted by Gasteiger charge is 2.38. The minimum absolute atomic E-state index is 0.0545. The third-order valence-electron chi connectivity index (χ3n) is 3.91. The van der Waals surface area contributed by atoms with Crippen molar-refractivity contribution in [2.45, 2.75) is 43.1 Å². The predicted octanol–water partition coefficient (Wildman–Crippen LogP) is 3.80. The summed E-state index contributed by atoms with van der Waals surface area (Å²) in [4.78, 5) is 0. The number of ether oxygens (including phenoxy) is 2. The Kier molecular flexibility index (Phi) is 4.52. The van der Waals surface area contributed by atoms with E-state index in [-0.39, 0.29) is 11.0 Å². The molecule has 0 amide bonds. The van der Waals surface area contributed by atoms with Gasteiger partial charge in [0.2, 0.25) is 0 Å². The van der Waals surface area contributed by atoms with Gasteiger partial charge in [0.15, 0.2) is 0 Å². The van der Waals surface area contributed by atoms with E-state index >= 15 is 0 Å². The van der Waals surface area contributed by atoms with Crippen molar-refractivity contribution in [1.29, 1.82) is 0 Å². The summed E-state index contributed by atoms with van der Waals surface area (Å²) in [6.45, 7) is 0. The monoisotopic (exact) mass is 268 g/mol. The van der Waals surface area contributed by atoms with E-state index in [9.17, 15) is 0 Å². The van der Waals surface area contributed by atoms with Crippen LogP contribution in [0.5, 0.6) is 5.75 Å². The molecule has 1 aromatic carbocycles. The number of rotatable bonds is 6. The van der Waals surface area contributed by atoms with Crippen molar-refractivity contribution in [2.24, 2.45) is 0 Å². The van der Waals surface area contributed by atoms with E-state index in [1.54, 1.807) is 14.2 Å². The maximum absolute atomic E-state index is 6.45. The molecule has 2 nitrogen and oxygen atoms in total. The smallest absolute Gasteiger partial charge is 0.118 e. The minimum Gasteiger partial charge on any atom is -0.497 e. The predicted molar refractivity (Wildman–Crippen MR) is 74.5 cm³/mol. The Labute approximate surface area is 114 Å². The van der Waals surface area contributed by atoms with Crippen LogP contribution < -0.4 is 4.74 Å². The minimum atomic E-state index is 0.0545. The number of hydrogen-bond donors (Lipinski definition) is 0. The van der Waals surface area contributed by atoms with Crippen LogP contribution in [0.4, 0.5) is 0 Å². The first-order valence-corrected chi connectivity index (χ1v) is 6.93. The Bertz CT molecular complexity index is 365. The summed E-state index contributed by atoms with van der Waals surface area (Å²) < 4.78 is 10.8. The Morgan fingerprint density at radius 2 is 1.89 bits per heavy atom. The number of methoxy groups -OCH3 is 2. The first kappa shape index (κ1) is 13.7. The maximum Gasteiger partial charge on any atom is 0.118 e. The van der Waals surface area contributed by atoms with Crippen molar-refractivity contribution < 1.29 is 9.47 Å². The number of halogens is 1. The zero-order chi connectivity index (χ0) is 13.0. The number of benzene rings is 1. The first-order valence-electron chi connectivity index (χ1n) is 6.50. The molecular weight excluding hydrogens is 248 g/mol. The molecule has 1 aromatic rings. The average molecular weight is 269 g/mol. The normalized spacial score (nSPS) is 19.1. The molecule has 1 unspecified atom stereocenters. The second-order valence-electron chi connectivity index (χ2n) is 5.09. The van der Waals surface area contributed by atoms with Crippen LogP contribution in [0.2, 0.25) is 0 Å². The number of hydrogen-bond acceptors (Lipinski definition) is 2. The number of alkyl halides is 1. The molecule has 2 rings (SSSR count). The molecule has 0 aliphatic heterocycles. The fraction of sp³-hybridized carbons (Fsp3) is 0.600. The third kappa shape index (κ3) is 3.18. The lowest BCUT2D eigenvalue weighted by Crippen LogP contribution is -2.41. The van der Waals surface area contributed by atoms with Gasteiger partial charge in [-0.3, -0.25) is 0 Å². The van der Waals surface area contributed by atoms with Gasteiger partial charge in [0, 0.05) is 12.5 Å². The van der Waals surface area contributed by atoms with Gasteiger partial charge in [0.05, 0.1) is 12.7 Å². The summed E-state index contributed by atoms with van der Waals surface area (Å²) in [7, 11) is 3.48. The second kappa shape index (κ2) is 5.94. The van der Waals surface area contributed by atoms with Gasteiger partial charge in [0.1, 0.15) is 5.75 Å². The largest absolute Gasteiger partial charge is 0.497 e. The van der Waals surface area contributed by atoms with Gasteiger partial charge in [-0.05, 0) is 49.8 Å². The molecule has 0 aromatic heterocycles. The Balaban J connectivity index is 1.88. The highest BCUT2D eigenvalue weighted by Crippen LogP contribution is 2.40. The van der Waals surface area contributed by atoms with E-state index in [1.807, 2.05) is 12.1 Å². The summed E-state index contributed by atoms with van der Waals surface area (Å²) in [6.07, 6.45) is 5.39. The summed E-state index contributed by atoms with van der Waals surface area (Å²) in [5.74, 6) is 0.886. The SMILES string of the molecule is COc1ccc(CC(Cl)CC2(OC)CCC2)cc1. The third-order valence-corrected chi connectivity index (χ3v) is 4.22. The standard InChI is InChI=1S/C15H21ClO2/c1-17-14-6-4-12(5-7-14)10-13(16)11-15(18-2)8-3-9-15/h4-7,13H,3,8-11H2,1-2H3. The molecule has 1 saturated carbocycles. The van der Waals surface area contributed by atoms with Gasteiger partial charge in [-0.1, -0.05) is 12.1 Å². The maximum atomic E-state index is 6.45. The van der Waals surface area contributed by atoms with Crippen LogP contribution in [-0.2, 0) is 11.2 Å². The van der Waals surface area contributed by atoms with Crippen molar-refractivity contribution in [3.05, 3.63) is 29.8 Å². The summed E-state index contributed by atoms with van der Waals surface area (Å²) in [5, 5.41) is 0.138. The van der Waals surface area contributed by atoms with Gasteiger partial charge in [0.25, 0.3) is 0 Å². The quantitative estimate of drug-likeness (QED) is 0.731. The van der Waals surface area contributed by atoms with Gasteiger partial charge < -0.3 is 9.47 Å². The zero-order valence-corrected chi connectivity index (χ0v) is 11.9. The van der Waals surface area contributed by atoms with E-state index in [2.05, 4.69) is 12.1 Å². The fourth-order valence-corrected chi connectivity index (χ4v) is 3.02. The van der Waals surface area contributed by atoms with E-state index < -0.39 is 0 Å². The van der Waals surface area contributed by atoms with Crippen LogP contribution in [0.1, 0.15) is 31.2 Å². The van der Waals surface area contributed by atoms with E-state index in [1.165, 1.54) is 12.0 Å². The lowest BCUT2D eigenvalue weighted by atomic mass is 9.76. The van der Waals surface area contributed by atoms with Crippen LogP contribution in [0, 0.1) is 0 Å². The van der Waals surface area contributed by atoms with Crippen LogP contribution in [0.25, 0.3) is 0 Å². The zero-order valence-electron chi connectivity index (χ0n) is 11.1. The molecule has 1 aliphatic carbocycles. The van der Waals surface area contributed by atoms with Gasteiger partial charge in [-0.25, -0.2) is 0 Å². The lowest BCUT2D eigenvalue weighted by Gasteiger charge is -2.41. The van der Waals surface area contributed by atoms with Crippen LogP contribution >= 0.6 is 11.6 Å². The van der Waals surface area contributed by atoms with Gasteiger partial charge >= 0.3 is 0 Å². The van der Waals surface area contributed by atoms with Gasteiger partial charge in [-0.15, -0.1) is 11.6 Å². The van der Waals surface area contributed by atoms with Crippen LogP contribution in [-0.4, -0.2) is 25.2 Å². The first-order chi connectivity index (χ1) is 8.67. The molecule has 0 heterocycles. The Morgan fingerprint density at radius 1 is 1.22 bits per heavy atom. The molecule has 0 N–H and O–H groups in total. The van der Waals surface area contributed by atoms with Crippen LogP contribution in [0.15, 0.2) is 24.3 Å². The Hall–Kier alpha value is -0.730. The molecule has 0 saturated heterocycles. The molecule has 1 fully saturated rings. The second-order valence-corrected chi connectivity index (χ2v) is 5.71. The van der Waals surface area contributed by atoms with E-state index in [4.69, 9.17) is 21.1 Å². The fourth-order valence-electron chi connectivity index (χ4n) is 2.56. The molecular formula is C15H21ClO2. The molecule has 3 heteroatoms. The molecule has 1 aliphatic rings. The highest BCUT2D eigenvalue weighted by atomic mass is 35.5. The van der Waals surface area contributed by atoms with Crippen molar-refractivity contribution >= 4 is 11.6 Å². The molecule has 1 atom stereocenters. The van der Waals surface area contributed by atoms with Crippen LogP contribution in [0.3, 0.4) is 0 Å². The molecule has 100 valence electrons. The van der Waals surface area contributed by atoms with Crippen molar-refractivity contribution in [3.8, 4) is 5.75 Å². The van der Waals surface area contributed by atoms with Crippen molar-refractivity contribution in [3.63, 3.8) is 0 Å². The Morgan fingerprint density at radius 3 is 2.33 bits per heavy atom. The summed E-state index contributed by atoms with van der Waals surface area (Å²) in [6, 6.07) is 8.12. The average Bonchev–Trinajstić information content (AvgIpc) is 2.35. The molecule has 0 spiro atoms. The van der Waals surface area contributed by atoms with Crippen molar-refractivity contribution in [1.82, 2.24) is 0 Å². The molecule has 0 bridgehead atoms.